The van der Waals surface area contributed by atoms with E-state index in [1.165, 1.54) is 7.11 Å². The second-order valence-electron chi connectivity index (χ2n) is 3.66. The van der Waals surface area contributed by atoms with Crippen LogP contribution in [0.3, 0.4) is 0 Å². The zero-order valence-corrected chi connectivity index (χ0v) is 8.81. The molecule has 1 rings (SSSR count). The van der Waals surface area contributed by atoms with Crippen molar-refractivity contribution in [3.8, 4) is 0 Å². The normalized spacial score (nSPS) is 36.8. The van der Waals surface area contributed by atoms with Crippen molar-refractivity contribution >= 4 is 5.97 Å². The maximum atomic E-state index is 11.2. The average molecular weight is 236 g/mol. The summed E-state index contributed by atoms with van der Waals surface area (Å²) in [5.41, 5.74) is 0. The van der Waals surface area contributed by atoms with E-state index in [2.05, 4.69) is 4.74 Å². The molecule has 0 aromatic carbocycles. The summed E-state index contributed by atoms with van der Waals surface area (Å²) in [5, 5.41) is 37.1. The molecule has 1 heterocycles. The van der Waals surface area contributed by atoms with E-state index in [9.17, 15) is 20.1 Å². The fourth-order valence-electron chi connectivity index (χ4n) is 1.61. The lowest BCUT2D eigenvalue weighted by atomic mass is 9.95. The van der Waals surface area contributed by atoms with Crippen LogP contribution in [0.5, 0.6) is 0 Å². The Morgan fingerprint density at radius 2 is 2.19 bits per heavy atom. The minimum absolute atomic E-state index is 0.109. The summed E-state index contributed by atoms with van der Waals surface area (Å²) in [5.74, 6) is -0.693. The standard InChI is InChI=1S/C9H16O7/c1-15-9(14)6-2-4(11)7(13)8(16-6)5(12)3-10/h4-8,10-13H,2-3H2,1H3/t4-,5-,6+,7-,8-/m1/s1. The lowest BCUT2D eigenvalue weighted by molar-refractivity contribution is -0.213. The molecule has 0 aliphatic carbocycles. The first kappa shape index (κ1) is 13.3. The quantitative estimate of drug-likeness (QED) is 0.397. The topological polar surface area (TPSA) is 116 Å². The average Bonchev–Trinajstić information content (AvgIpc) is 2.30. The van der Waals surface area contributed by atoms with Gasteiger partial charge in [0.15, 0.2) is 6.10 Å². The Kier molecular flexibility index (Phi) is 4.63. The van der Waals surface area contributed by atoms with E-state index >= 15 is 0 Å². The fraction of sp³-hybridized carbons (Fsp3) is 0.889. The van der Waals surface area contributed by atoms with Gasteiger partial charge < -0.3 is 29.9 Å². The second-order valence-corrected chi connectivity index (χ2v) is 3.66. The maximum absolute atomic E-state index is 11.2. The van der Waals surface area contributed by atoms with Crippen molar-refractivity contribution in [2.75, 3.05) is 13.7 Å². The number of carbonyl (C=O) groups is 1. The van der Waals surface area contributed by atoms with Gasteiger partial charge in [-0.2, -0.15) is 0 Å². The monoisotopic (exact) mass is 236 g/mol. The Hall–Kier alpha value is -0.730. The third kappa shape index (κ3) is 2.69. The Morgan fingerprint density at radius 1 is 1.56 bits per heavy atom. The summed E-state index contributed by atoms with van der Waals surface area (Å²) < 4.78 is 9.51. The SMILES string of the molecule is COC(=O)[C@@H]1C[C@@H](O)[C@@H](O)[C@@H]([C@H](O)CO)O1. The van der Waals surface area contributed by atoms with Crippen molar-refractivity contribution in [1.29, 1.82) is 0 Å². The van der Waals surface area contributed by atoms with Gasteiger partial charge in [-0.25, -0.2) is 4.79 Å². The number of aliphatic hydroxyl groups excluding tert-OH is 4. The van der Waals surface area contributed by atoms with Gasteiger partial charge in [0.2, 0.25) is 0 Å². The molecule has 0 unspecified atom stereocenters. The van der Waals surface area contributed by atoms with Gasteiger partial charge in [-0.1, -0.05) is 0 Å². The Balaban J connectivity index is 2.72. The van der Waals surface area contributed by atoms with E-state index < -0.39 is 43.1 Å². The van der Waals surface area contributed by atoms with E-state index in [1.54, 1.807) is 0 Å². The molecule has 7 heteroatoms. The first-order valence-corrected chi connectivity index (χ1v) is 4.89. The second kappa shape index (κ2) is 5.55. The molecule has 0 saturated carbocycles. The van der Waals surface area contributed by atoms with Gasteiger partial charge in [0.1, 0.15) is 18.3 Å². The lowest BCUT2D eigenvalue weighted by Gasteiger charge is -2.37. The minimum atomic E-state index is -1.36. The van der Waals surface area contributed by atoms with Crippen LogP contribution in [0.1, 0.15) is 6.42 Å². The molecule has 0 bridgehead atoms. The highest BCUT2D eigenvalue weighted by atomic mass is 16.6. The van der Waals surface area contributed by atoms with E-state index in [0.29, 0.717) is 0 Å². The molecule has 1 fully saturated rings. The molecule has 0 spiro atoms. The molecule has 1 aliphatic rings. The zero-order valence-electron chi connectivity index (χ0n) is 8.81. The number of hydrogen-bond donors (Lipinski definition) is 4. The number of aliphatic hydroxyl groups is 4. The van der Waals surface area contributed by atoms with Crippen molar-refractivity contribution in [3.63, 3.8) is 0 Å². The highest BCUT2D eigenvalue weighted by molar-refractivity contribution is 5.74. The van der Waals surface area contributed by atoms with Crippen LogP contribution < -0.4 is 0 Å². The van der Waals surface area contributed by atoms with Gasteiger partial charge in [0.05, 0.1) is 19.8 Å². The Morgan fingerprint density at radius 3 is 2.69 bits per heavy atom. The molecular weight excluding hydrogens is 220 g/mol. The number of methoxy groups -OCH3 is 1. The summed E-state index contributed by atoms with van der Waals surface area (Å²) in [6.07, 6.45) is -6.28. The maximum Gasteiger partial charge on any atom is 0.335 e. The number of ether oxygens (including phenoxy) is 2. The molecule has 16 heavy (non-hydrogen) atoms. The first-order valence-electron chi connectivity index (χ1n) is 4.89. The first-order chi connectivity index (χ1) is 7.51. The molecular formula is C9H16O7. The number of esters is 1. The van der Waals surface area contributed by atoms with Gasteiger partial charge in [-0.05, 0) is 0 Å². The van der Waals surface area contributed by atoms with Crippen LogP contribution in [0.2, 0.25) is 0 Å². The molecule has 4 N–H and O–H groups in total. The van der Waals surface area contributed by atoms with Gasteiger partial charge >= 0.3 is 5.97 Å². The van der Waals surface area contributed by atoms with Gasteiger partial charge in [-0.3, -0.25) is 0 Å². The van der Waals surface area contributed by atoms with Crippen LogP contribution in [-0.2, 0) is 14.3 Å². The number of rotatable bonds is 3. The van der Waals surface area contributed by atoms with Gasteiger partial charge in [0.25, 0.3) is 0 Å². The van der Waals surface area contributed by atoms with Crippen molar-refractivity contribution < 1.29 is 34.7 Å². The highest BCUT2D eigenvalue weighted by Gasteiger charge is 2.43. The van der Waals surface area contributed by atoms with Gasteiger partial charge in [0, 0.05) is 6.42 Å². The highest BCUT2D eigenvalue weighted by Crippen LogP contribution is 2.23. The summed E-state index contributed by atoms with van der Waals surface area (Å²) in [7, 11) is 1.17. The smallest absolute Gasteiger partial charge is 0.335 e. The van der Waals surface area contributed by atoms with Crippen molar-refractivity contribution in [3.05, 3.63) is 0 Å². The van der Waals surface area contributed by atoms with E-state index in [-0.39, 0.29) is 6.42 Å². The van der Waals surface area contributed by atoms with Crippen LogP contribution in [0.15, 0.2) is 0 Å². The van der Waals surface area contributed by atoms with Crippen molar-refractivity contribution in [2.45, 2.75) is 36.9 Å². The van der Waals surface area contributed by atoms with E-state index in [0.717, 1.165) is 0 Å². The van der Waals surface area contributed by atoms with Crippen LogP contribution in [-0.4, -0.2) is 70.6 Å². The molecule has 5 atom stereocenters. The van der Waals surface area contributed by atoms with E-state index in [4.69, 9.17) is 9.84 Å². The largest absolute Gasteiger partial charge is 0.467 e. The lowest BCUT2D eigenvalue weighted by Crippen LogP contribution is -2.55. The number of hydrogen-bond acceptors (Lipinski definition) is 7. The molecule has 0 radical (unpaired) electrons. The van der Waals surface area contributed by atoms with Crippen molar-refractivity contribution in [2.24, 2.45) is 0 Å². The van der Waals surface area contributed by atoms with E-state index in [1.807, 2.05) is 0 Å². The molecule has 1 saturated heterocycles. The summed E-state index contributed by atoms with van der Waals surface area (Å²) in [6, 6.07) is 0. The Labute approximate surface area is 92.2 Å². The Bertz CT molecular complexity index is 244. The van der Waals surface area contributed by atoms with Crippen molar-refractivity contribution in [1.82, 2.24) is 0 Å². The third-order valence-corrected chi connectivity index (χ3v) is 2.54. The molecule has 7 nitrogen and oxygen atoms in total. The molecule has 0 aromatic heterocycles. The zero-order chi connectivity index (χ0) is 12.3. The predicted octanol–water partition coefficient (Wildman–Crippen LogP) is -2.61. The summed E-state index contributed by atoms with van der Waals surface area (Å²) in [4.78, 5) is 11.2. The third-order valence-electron chi connectivity index (χ3n) is 2.54. The summed E-state index contributed by atoms with van der Waals surface area (Å²) >= 11 is 0. The van der Waals surface area contributed by atoms with Crippen LogP contribution in [0.4, 0.5) is 0 Å². The minimum Gasteiger partial charge on any atom is -0.467 e. The van der Waals surface area contributed by atoms with Crippen LogP contribution in [0.25, 0.3) is 0 Å². The molecule has 0 amide bonds. The predicted molar refractivity (Wildman–Crippen MR) is 50.4 cm³/mol. The molecule has 0 aromatic rings. The van der Waals surface area contributed by atoms with Crippen LogP contribution >= 0.6 is 0 Å². The van der Waals surface area contributed by atoms with Gasteiger partial charge in [-0.15, -0.1) is 0 Å². The summed E-state index contributed by atoms with van der Waals surface area (Å²) in [6.45, 7) is -0.637. The molecule has 94 valence electrons. The van der Waals surface area contributed by atoms with Crippen LogP contribution in [0, 0.1) is 0 Å². The number of carbonyl (C=O) groups excluding carboxylic acids is 1. The fourth-order valence-corrected chi connectivity index (χ4v) is 1.61. The molecule has 1 aliphatic heterocycles.